The van der Waals surface area contributed by atoms with Gasteiger partial charge in [0.05, 0.1) is 17.7 Å². The van der Waals surface area contributed by atoms with E-state index < -0.39 is 0 Å². The number of amides is 1. The summed E-state index contributed by atoms with van der Waals surface area (Å²) in [6.07, 6.45) is 5.26. The summed E-state index contributed by atoms with van der Waals surface area (Å²) in [5.41, 5.74) is 3.02. The normalized spacial score (nSPS) is 15.8. The van der Waals surface area contributed by atoms with E-state index in [9.17, 15) is 4.79 Å². The molecule has 0 aliphatic carbocycles. The number of rotatable bonds is 6. The summed E-state index contributed by atoms with van der Waals surface area (Å²) < 4.78 is 5.80. The number of thiocarbonyl (C=S) groups is 1. The van der Waals surface area contributed by atoms with Gasteiger partial charge in [-0.2, -0.15) is 0 Å². The molecule has 1 amide bonds. The van der Waals surface area contributed by atoms with Crippen LogP contribution in [0.4, 0.5) is 5.69 Å². The smallest absolute Gasteiger partial charge is 0.270 e. The van der Waals surface area contributed by atoms with Gasteiger partial charge in [-0.1, -0.05) is 61.6 Å². The maximum Gasteiger partial charge on any atom is 0.270 e. The van der Waals surface area contributed by atoms with Crippen molar-refractivity contribution in [2.45, 2.75) is 26.2 Å². The summed E-state index contributed by atoms with van der Waals surface area (Å²) in [4.78, 5) is 15.1. The van der Waals surface area contributed by atoms with E-state index in [1.165, 1.54) is 30.2 Å². The maximum atomic E-state index is 12.9. The second kappa shape index (κ2) is 8.52. The van der Waals surface area contributed by atoms with Gasteiger partial charge in [-0.05, 0) is 54.3 Å². The van der Waals surface area contributed by atoms with E-state index >= 15 is 0 Å². The van der Waals surface area contributed by atoms with Crippen molar-refractivity contribution in [3.63, 3.8) is 0 Å². The highest BCUT2D eigenvalue weighted by molar-refractivity contribution is 8.27. The number of methoxy groups -OCH3 is 1. The van der Waals surface area contributed by atoms with Crippen LogP contribution in [-0.2, 0) is 11.2 Å². The highest BCUT2D eigenvalue weighted by Crippen LogP contribution is 2.36. The van der Waals surface area contributed by atoms with Crippen molar-refractivity contribution in [2.75, 3.05) is 12.0 Å². The van der Waals surface area contributed by atoms with Crippen molar-refractivity contribution in [2.24, 2.45) is 0 Å². The molecule has 0 saturated carbocycles. The predicted molar refractivity (Wildman–Crippen MR) is 114 cm³/mol. The van der Waals surface area contributed by atoms with Crippen LogP contribution in [0.1, 0.15) is 30.9 Å². The second-order valence-corrected chi connectivity index (χ2v) is 7.74. The van der Waals surface area contributed by atoms with Gasteiger partial charge in [-0.25, -0.2) is 0 Å². The summed E-state index contributed by atoms with van der Waals surface area (Å²) in [5, 5.41) is 0. The van der Waals surface area contributed by atoms with Crippen LogP contribution in [0.25, 0.3) is 6.08 Å². The molecule has 0 aromatic heterocycles. The fourth-order valence-corrected chi connectivity index (χ4v) is 4.06. The minimum atomic E-state index is -0.0795. The van der Waals surface area contributed by atoms with Crippen LogP contribution in [-0.4, -0.2) is 17.3 Å². The topological polar surface area (TPSA) is 29.5 Å². The number of unbranched alkanes of at least 4 members (excludes halogenated alkanes) is 1. The molecule has 1 heterocycles. The second-order valence-electron chi connectivity index (χ2n) is 6.06. The Morgan fingerprint density at radius 1 is 1.19 bits per heavy atom. The lowest BCUT2D eigenvalue weighted by Crippen LogP contribution is -2.27. The molecule has 0 spiro atoms. The summed E-state index contributed by atoms with van der Waals surface area (Å²) in [6, 6.07) is 15.7. The van der Waals surface area contributed by atoms with E-state index in [2.05, 4.69) is 19.1 Å². The van der Waals surface area contributed by atoms with Gasteiger partial charge in [0.1, 0.15) is 5.75 Å². The first-order chi connectivity index (χ1) is 12.6. The minimum absolute atomic E-state index is 0.0795. The van der Waals surface area contributed by atoms with E-state index in [0.717, 1.165) is 23.4 Å². The molecule has 134 valence electrons. The van der Waals surface area contributed by atoms with Gasteiger partial charge in [0.2, 0.25) is 0 Å². The molecule has 0 atom stereocenters. The van der Waals surface area contributed by atoms with Gasteiger partial charge in [0.25, 0.3) is 5.91 Å². The molecular formula is C21H21NO2S2. The third kappa shape index (κ3) is 4.17. The minimum Gasteiger partial charge on any atom is -0.497 e. The van der Waals surface area contributed by atoms with E-state index in [-0.39, 0.29) is 5.91 Å². The van der Waals surface area contributed by atoms with Crippen LogP contribution < -0.4 is 9.64 Å². The lowest BCUT2D eigenvalue weighted by molar-refractivity contribution is -0.113. The van der Waals surface area contributed by atoms with Gasteiger partial charge in [0.15, 0.2) is 4.32 Å². The lowest BCUT2D eigenvalue weighted by Gasteiger charge is -2.15. The lowest BCUT2D eigenvalue weighted by atomic mass is 10.1. The van der Waals surface area contributed by atoms with Gasteiger partial charge >= 0.3 is 0 Å². The number of benzene rings is 2. The fraction of sp³-hybridized carbons (Fsp3) is 0.238. The van der Waals surface area contributed by atoms with E-state index in [0.29, 0.717) is 9.23 Å². The molecular weight excluding hydrogens is 362 g/mol. The quantitative estimate of drug-likeness (QED) is 0.490. The Hall–Kier alpha value is -2.11. The Morgan fingerprint density at radius 3 is 2.65 bits per heavy atom. The molecule has 26 heavy (non-hydrogen) atoms. The highest BCUT2D eigenvalue weighted by Gasteiger charge is 2.33. The summed E-state index contributed by atoms with van der Waals surface area (Å²) in [5.74, 6) is 0.682. The molecule has 1 aliphatic rings. The van der Waals surface area contributed by atoms with Gasteiger partial charge in [-0.3, -0.25) is 9.69 Å². The summed E-state index contributed by atoms with van der Waals surface area (Å²) in [6.45, 7) is 2.18. The third-order valence-corrected chi connectivity index (χ3v) is 5.50. The zero-order valence-electron chi connectivity index (χ0n) is 14.9. The Labute approximate surface area is 164 Å². The Balaban J connectivity index is 1.81. The van der Waals surface area contributed by atoms with Crippen LogP contribution in [0.3, 0.4) is 0 Å². The van der Waals surface area contributed by atoms with Crippen molar-refractivity contribution in [3.8, 4) is 5.75 Å². The first-order valence-corrected chi connectivity index (χ1v) is 9.86. The molecule has 1 saturated heterocycles. The number of hydrogen-bond acceptors (Lipinski definition) is 4. The number of nitrogens with zero attached hydrogens (tertiary/aromatic N) is 1. The number of anilines is 1. The average Bonchev–Trinajstić information content (AvgIpc) is 2.94. The standard InChI is InChI=1S/C21H21NO2S2/c1-3-4-6-15-9-11-17(12-10-15)22-20(23)19(26-21(22)25)14-16-7-5-8-18(13-16)24-2/h5,7-14H,3-4,6H2,1-2H3. The molecule has 2 aromatic rings. The van der Waals surface area contributed by atoms with E-state index in [1.54, 1.807) is 12.0 Å². The number of ether oxygens (including phenoxy) is 1. The van der Waals surface area contributed by atoms with Crippen LogP contribution >= 0.6 is 24.0 Å². The number of carbonyl (C=O) groups is 1. The van der Waals surface area contributed by atoms with Crippen molar-refractivity contribution in [3.05, 3.63) is 64.6 Å². The van der Waals surface area contributed by atoms with Crippen molar-refractivity contribution < 1.29 is 9.53 Å². The molecule has 1 aliphatic heterocycles. The summed E-state index contributed by atoms with van der Waals surface area (Å²) >= 11 is 6.78. The number of hydrogen-bond donors (Lipinski definition) is 0. The largest absolute Gasteiger partial charge is 0.497 e. The van der Waals surface area contributed by atoms with Crippen LogP contribution in [0.5, 0.6) is 5.75 Å². The van der Waals surface area contributed by atoms with E-state index in [4.69, 9.17) is 17.0 Å². The Morgan fingerprint density at radius 2 is 1.96 bits per heavy atom. The van der Waals surface area contributed by atoms with Gasteiger partial charge in [0, 0.05) is 0 Å². The predicted octanol–water partition coefficient (Wildman–Crippen LogP) is 5.44. The third-order valence-electron chi connectivity index (χ3n) is 4.20. The molecule has 5 heteroatoms. The van der Waals surface area contributed by atoms with Crippen molar-refractivity contribution >= 4 is 46.0 Å². The molecule has 3 nitrogen and oxygen atoms in total. The first kappa shape index (κ1) is 18.7. The molecule has 3 rings (SSSR count). The van der Waals surface area contributed by atoms with Crippen molar-refractivity contribution in [1.82, 2.24) is 0 Å². The number of thioether (sulfide) groups is 1. The SMILES string of the molecule is CCCCc1ccc(N2C(=O)C(=Cc3cccc(OC)c3)SC2=S)cc1. The molecule has 1 fully saturated rings. The van der Waals surface area contributed by atoms with Crippen LogP contribution in [0.15, 0.2) is 53.4 Å². The Kier molecular flexibility index (Phi) is 6.12. The monoisotopic (exact) mass is 383 g/mol. The highest BCUT2D eigenvalue weighted by atomic mass is 32.2. The number of aryl methyl sites for hydroxylation is 1. The van der Waals surface area contributed by atoms with Crippen LogP contribution in [0.2, 0.25) is 0 Å². The summed E-state index contributed by atoms with van der Waals surface area (Å²) in [7, 11) is 1.63. The maximum absolute atomic E-state index is 12.9. The van der Waals surface area contributed by atoms with E-state index in [1.807, 2.05) is 42.5 Å². The number of carbonyl (C=O) groups excluding carboxylic acids is 1. The van der Waals surface area contributed by atoms with Crippen LogP contribution in [0, 0.1) is 0 Å². The molecule has 0 bridgehead atoms. The van der Waals surface area contributed by atoms with Gasteiger partial charge < -0.3 is 4.74 Å². The molecule has 0 N–H and O–H groups in total. The average molecular weight is 384 g/mol. The first-order valence-electron chi connectivity index (χ1n) is 8.63. The molecule has 0 radical (unpaired) electrons. The molecule has 0 unspecified atom stereocenters. The Bertz CT molecular complexity index is 843. The molecule has 2 aromatic carbocycles. The zero-order chi connectivity index (χ0) is 18.5. The van der Waals surface area contributed by atoms with Gasteiger partial charge in [-0.15, -0.1) is 0 Å². The van der Waals surface area contributed by atoms with Crippen molar-refractivity contribution in [1.29, 1.82) is 0 Å². The fourth-order valence-electron chi connectivity index (χ4n) is 2.77. The zero-order valence-corrected chi connectivity index (χ0v) is 16.5.